The number of hydrogen-bond donors (Lipinski definition) is 0. The number of aromatic nitrogens is 2. The van der Waals surface area contributed by atoms with Crippen LogP contribution in [0.3, 0.4) is 0 Å². The summed E-state index contributed by atoms with van der Waals surface area (Å²) in [5.74, 6) is 1.11. The molecule has 3 aliphatic rings. The summed E-state index contributed by atoms with van der Waals surface area (Å²) in [6.07, 6.45) is 1.84. The Morgan fingerprint density at radius 2 is 1.10 bits per heavy atom. The van der Waals surface area contributed by atoms with Gasteiger partial charge in [0, 0.05) is 104 Å². The maximum atomic E-state index is 11.1. The maximum absolute atomic E-state index is 11.1. The van der Waals surface area contributed by atoms with Crippen molar-refractivity contribution in [2.45, 2.75) is 13.1 Å². The largest absolute Gasteiger partial charge is 0.481 e. The number of pyridine rings is 2. The molecule has 1 spiro atoms. The zero-order valence-corrected chi connectivity index (χ0v) is 29.1. The molecule has 0 saturated carbocycles. The van der Waals surface area contributed by atoms with Crippen LogP contribution in [0.25, 0.3) is 33.6 Å². The molecule has 2 aromatic carbocycles. The molecule has 49 heavy (non-hydrogen) atoms. The minimum absolute atomic E-state index is 0.245. The molecule has 0 radical (unpaired) electrons. The highest BCUT2D eigenvalue weighted by Crippen LogP contribution is 2.43. The van der Waals surface area contributed by atoms with E-state index in [2.05, 4.69) is 15.9 Å². The number of ether oxygens (including phenoxy) is 2. The summed E-state index contributed by atoms with van der Waals surface area (Å²) in [4.78, 5) is 40.1. The average molecular weight is 702 g/mol. The number of carbonyl (C=O) groups excluding carboxylic acids is 2. The first-order chi connectivity index (χ1) is 23.8. The Hall–Kier alpha value is -4.22. The van der Waals surface area contributed by atoms with Crippen LogP contribution in [0.5, 0.6) is 11.8 Å². The fraction of sp³-hybridized carbons (Fsp3) is 0.351. The summed E-state index contributed by atoms with van der Waals surface area (Å²) in [6, 6.07) is 19.7. The van der Waals surface area contributed by atoms with Gasteiger partial charge in [-0.05, 0) is 12.1 Å². The first-order valence-electron chi connectivity index (χ1n) is 16.3. The Bertz CT molecular complexity index is 1870. The number of amides is 2. The Morgan fingerprint density at radius 3 is 1.57 bits per heavy atom. The zero-order valence-electron chi connectivity index (χ0n) is 27.6. The lowest BCUT2D eigenvalue weighted by Crippen LogP contribution is -2.71. The summed E-state index contributed by atoms with van der Waals surface area (Å²) < 4.78 is 11.4. The maximum Gasteiger partial charge on any atom is 0.218 e. The van der Waals surface area contributed by atoms with Crippen LogP contribution in [0.4, 0.5) is 0 Å². The average Bonchev–Trinajstić information content (AvgIpc) is 3.09. The van der Waals surface area contributed by atoms with E-state index in [4.69, 9.17) is 42.6 Å². The van der Waals surface area contributed by atoms with Crippen LogP contribution in [-0.2, 0) is 22.7 Å². The first kappa shape index (κ1) is 33.3. The van der Waals surface area contributed by atoms with Gasteiger partial charge in [0.05, 0.1) is 35.7 Å². The van der Waals surface area contributed by atoms with Crippen molar-refractivity contribution in [1.82, 2.24) is 29.6 Å². The lowest BCUT2D eigenvalue weighted by molar-refractivity contribution is -0.147. The van der Waals surface area contributed by atoms with Crippen molar-refractivity contribution in [2.24, 2.45) is 5.41 Å². The van der Waals surface area contributed by atoms with Gasteiger partial charge in [-0.2, -0.15) is 0 Å². The molecule has 0 aliphatic carbocycles. The van der Waals surface area contributed by atoms with E-state index in [0.717, 1.165) is 92.0 Å². The van der Waals surface area contributed by atoms with Gasteiger partial charge in [0.2, 0.25) is 24.6 Å². The van der Waals surface area contributed by atoms with Gasteiger partial charge in [-0.25, -0.2) is 9.97 Å². The van der Waals surface area contributed by atoms with Crippen molar-refractivity contribution in [3.8, 4) is 45.4 Å². The Labute approximate surface area is 296 Å². The predicted octanol–water partition coefficient (Wildman–Crippen LogP) is 5.35. The second-order valence-corrected chi connectivity index (χ2v) is 13.9. The van der Waals surface area contributed by atoms with Gasteiger partial charge in [-0.1, -0.05) is 71.7 Å². The molecular weight excluding hydrogens is 663 g/mol. The number of nitrogens with zero attached hydrogens (tertiary/aromatic N) is 6. The van der Waals surface area contributed by atoms with Crippen molar-refractivity contribution in [1.29, 1.82) is 0 Å². The number of piperazine rings is 1. The minimum atomic E-state index is 0.245. The molecule has 2 amide bonds. The summed E-state index contributed by atoms with van der Waals surface area (Å²) in [7, 11) is 3.26. The number of methoxy groups -OCH3 is 2. The van der Waals surface area contributed by atoms with Crippen LogP contribution in [0.15, 0.2) is 60.7 Å². The molecule has 3 aliphatic heterocycles. The number of hydrogen-bond acceptors (Lipinski definition) is 8. The summed E-state index contributed by atoms with van der Waals surface area (Å²) >= 11 is 14.2. The van der Waals surface area contributed by atoms with E-state index < -0.39 is 0 Å². The summed E-state index contributed by atoms with van der Waals surface area (Å²) in [5.41, 5.74) is 6.72. The van der Waals surface area contributed by atoms with Crippen LogP contribution in [0, 0.1) is 5.41 Å². The molecule has 2 aromatic heterocycles. The molecule has 3 saturated heterocycles. The van der Waals surface area contributed by atoms with E-state index in [1.807, 2.05) is 59.5 Å². The van der Waals surface area contributed by atoms with Crippen LogP contribution >= 0.6 is 23.2 Å². The van der Waals surface area contributed by atoms with E-state index >= 15 is 0 Å². The van der Waals surface area contributed by atoms with Crippen molar-refractivity contribution < 1.29 is 19.1 Å². The lowest BCUT2D eigenvalue weighted by atomic mass is 9.73. The topological polar surface area (TPSA) is 91.3 Å². The van der Waals surface area contributed by atoms with E-state index in [1.165, 1.54) is 0 Å². The van der Waals surface area contributed by atoms with Gasteiger partial charge in [-0.3, -0.25) is 19.4 Å². The Morgan fingerprint density at radius 1 is 0.633 bits per heavy atom. The van der Waals surface area contributed by atoms with Crippen LogP contribution in [0.1, 0.15) is 11.1 Å². The van der Waals surface area contributed by atoms with Gasteiger partial charge < -0.3 is 19.3 Å². The Kier molecular flexibility index (Phi) is 9.48. The van der Waals surface area contributed by atoms with Crippen molar-refractivity contribution in [2.75, 3.05) is 66.6 Å². The second kappa shape index (κ2) is 14.0. The predicted molar refractivity (Wildman–Crippen MR) is 190 cm³/mol. The van der Waals surface area contributed by atoms with Gasteiger partial charge in [-0.15, -0.1) is 0 Å². The molecule has 0 unspecified atom stereocenters. The van der Waals surface area contributed by atoms with Gasteiger partial charge >= 0.3 is 0 Å². The third-order valence-electron chi connectivity index (χ3n) is 9.79. The zero-order chi connectivity index (χ0) is 34.1. The monoisotopic (exact) mass is 700 g/mol. The van der Waals surface area contributed by atoms with Crippen molar-refractivity contribution >= 4 is 36.0 Å². The third kappa shape index (κ3) is 6.58. The molecule has 0 N–H and O–H groups in total. The molecule has 5 heterocycles. The lowest BCUT2D eigenvalue weighted by Gasteiger charge is -2.59. The molecule has 12 heteroatoms. The fourth-order valence-corrected chi connectivity index (χ4v) is 7.97. The quantitative estimate of drug-likeness (QED) is 0.194. The second-order valence-electron chi connectivity index (χ2n) is 13.1. The van der Waals surface area contributed by atoms with Crippen LogP contribution in [0.2, 0.25) is 10.0 Å². The number of carbonyl (C=O) groups is 2. The van der Waals surface area contributed by atoms with Crippen molar-refractivity contribution in [3.05, 3.63) is 81.8 Å². The molecular formula is C37H38Cl2N6O4. The highest BCUT2D eigenvalue weighted by Gasteiger charge is 2.51. The molecule has 7 rings (SSSR count). The van der Waals surface area contributed by atoms with E-state index in [9.17, 15) is 9.59 Å². The first-order valence-corrected chi connectivity index (χ1v) is 17.1. The number of rotatable bonds is 11. The van der Waals surface area contributed by atoms with Gasteiger partial charge in [0.25, 0.3) is 0 Å². The molecule has 4 aromatic rings. The number of likely N-dealkylation sites (tertiary alicyclic amines) is 2. The van der Waals surface area contributed by atoms with Gasteiger partial charge in [0.15, 0.2) is 0 Å². The van der Waals surface area contributed by atoms with Crippen molar-refractivity contribution in [3.63, 3.8) is 0 Å². The normalized spacial score (nSPS) is 17.4. The molecule has 0 atom stereocenters. The van der Waals surface area contributed by atoms with E-state index in [-0.39, 0.29) is 5.41 Å². The van der Waals surface area contributed by atoms with Gasteiger partial charge in [0.1, 0.15) is 0 Å². The molecule has 10 nitrogen and oxygen atoms in total. The standard InChI is InChI=1S/C37H38Cl2N6O4/c1-48-35-25(17-42-13-15-43(23-46)16-14-42)9-11-31(40-35)29-7-3-5-27(33(29)38)28-6-4-8-30(34(28)39)32-12-10-26(36(41-32)49-2)18-44-19-37(20-44)21-45(22-37)24-47/h3-12,23-24H,13-22H2,1-2H3. The van der Waals surface area contributed by atoms with E-state index in [1.54, 1.807) is 19.1 Å². The molecule has 3 fully saturated rings. The molecule has 254 valence electrons. The molecule has 0 bridgehead atoms. The minimum Gasteiger partial charge on any atom is -0.481 e. The SMILES string of the molecule is COc1nc(-c2cccc(-c3cccc(-c4ccc(CN5CC6(CN(C=O)C6)C5)c(OC)n4)c3Cl)c2Cl)ccc1CN1CCN(C=O)CC1. The Balaban J connectivity index is 1.11. The highest BCUT2D eigenvalue weighted by atomic mass is 35.5. The van der Waals surface area contributed by atoms with Crippen LogP contribution < -0.4 is 9.47 Å². The van der Waals surface area contributed by atoms with E-state index in [0.29, 0.717) is 52.8 Å². The number of halogens is 2. The smallest absolute Gasteiger partial charge is 0.218 e. The third-order valence-corrected chi connectivity index (χ3v) is 10.6. The fourth-order valence-electron chi connectivity index (χ4n) is 7.32. The summed E-state index contributed by atoms with van der Waals surface area (Å²) in [5, 5.41) is 1.07. The number of benzene rings is 2. The van der Waals surface area contributed by atoms with Crippen LogP contribution in [-0.4, -0.2) is 109 Å². The summed E-state index contributed by atoms with van der Waals surface area (Å²) in [6.45, 7) is 8.02. The highest BCUT2D eigenvalue weighted by molar-refractivity contribution is 6.39.